The van der Waals surface area contributed by atoms with Gasteiger partial charge in [0.05, 0.1) is 6.61 Å². The monoisotopic (exact) mass is 598 g/mol. The van der Waals surface area contributed by atoms with E-state index in [2.05, 4.69) is 26.0 Å². The van der Waals surface area contributed by atoms with E-state index >= 15 is 0 Å². The fourth-order valence-electron chi connectivity index (χ4n) is 3.39. The highest BCUT2D eigenvalue weighted by Crippen LogP contribution is 2.29. The number of sulfonamides is 1. The van der Waals surface area contributed by atoms with Crippen LogP contribution in [0, 0.1) is 0 Å². The van der Waals surface area contributed by atoms with Crippen LogP contribution in [0.25, 0.3) is 0 Å². The Morgan fingerprint density at radius 1 is 1.03 bits per heavy atom. The first-order valence-corrected chi connectivity index (χ1v) is 14.0. The van der Waals surface area contributed by atoms with E-state index in [0.717, 1.165) is 5.56 Å². The molecule has 6 nitrogen and oxygen atoms in total. The maximum absolute atomic E-state index is 13.0. The molecule has 0 fully saturated rings. The lowest BCUT2D eigenvalue weighted by Crippen LogP contribution is -2.36. The molecule has 0 saturated heterocycles. The first-order chi connectivity index (χ1) is 16.6. The highest BCUT2D eigenvalue weighted by atomic mass is 79.9. The summed E-state index contributed by atoms with van der Waals surface area (Å²) in [4.78, 5) is 12.8. The van der Waals surface area contributed by atoms with Crippen molar-refractivity contribution in [1.82, 2.24) is 5.32 Å². The molecule has 0 heterocycles. The molecule has 0 aromatic heterocycles. The van der Waals surface area contributed by atoms with Crippen LogP contribution in [0.1, 0.15) is 36.2 Å². The third-order valence-corrected chi connectivity index (χ3v) is 7.69. The van der Waals surface area contributed by atoms with Crippen LogP contribution in [-0.4, -0.2) is 27.0 Å². The molecule has 3 aromatic rings. The van der Waals surface area contributed by atoms with Gasteiger partial charge in [-0.05, 0) is 79.9 Å². The molecule has 35 heavy (non-hydrogen) atoms. The number of rotatable bonds is 10. The number of hydrogen-bond acceptors (Lipinski definition) is 4. The Kier molecular flexibility index (Phi) is 9.47. The standard InChI is InChI=1S/C25H25BrCl2N2O4S/c1-3-20(13-17-5-9-19(27)15-22(17)28)29-25(31)16-6-10-21(11-7-16)30-35(32,33)24-14-18(26)8-12-23(24)34-4-2/h5-12,14-15,20,30H,3-4,13H2,1-2H3,(H,29,31). The minimum Gasteiger partial charge on any atom is -0.492 e. The molecule has 0 aliphatic heterocycles. The number of anilines is 1. The summed E-state index contributed by atoms with van der Waals surface area (Å²) >= 11 is 15.5. The van der Waals surface area contributed by atoms with Gasteiger partial charge in [-0.25, -0.2) is 8.42 Å². The Morgan fingerprint density at radius 3 is 2.37 bits per heavy atom. The average Bonchev–Trinajstić information content (AvgIpc) is 2.81. The molecule has 0 aliphatic rings. The molecule has 0 bridgehead atoms. The number of carbonyl (C=O) groups excluding carboxylic acids is 1. The SMILES string of the molecule is CCOc1ccc(Br)cc1S(=O)(=O)Nc1ccc(C(=O)NC(CC)Cc2ccc(Cl)cc2Cl)cc1. The number of hydrogen-bond donors (Lipinski definition) is 2. The van der Waals surface area contributed by atoms with Crippen LogP contribution in [0.4, 0.5) is 5.69 Å². The van der Waals surface area contributed by atoms with Gasteiger partial charge in [0.15, 0.2) is 0 Å². The van der Waals surface area contributed by atoms with Crippen molar-refractivity contribution >= 4 is 60.7 Å². The number of ether oxygens (including phenoxy) is 1. The molecule has 1 amide bonds. The van der Waals surface area contributed by atoms with Crippen molar-refractivity contribution in [3.8, 4) is 5.75 Å². The Balaban J connectivity index is 1.70. The average molecular weight is 600 g/mol. The van der Waals surface area contributed by atoms with E-state index < -0.39 is 10.0 Å². The Hall–Kier alpha value is -2.26. The van der Waals surface area contributed by atoms with Crippen molar-refractivity contribution < 1.29 is 17.9 Å². The van der Waals surface area contributed by atoms with Crippen LogP contribution in [0.2, 0.25) is 10.0 Å². The summed E-state index contributed by atoms with van der Waals surface area (Å²) in [6.45, 7) is 4.09. The fraction of sp³-hybridized carbons (Fsp3) is 0.240. The van der Waals surface area contributed by atoms with Crippen LogP contribution < -0.4 is 14.8 Å². The van der Waals surface area contributed by atoms with Gasteiger partial charge in [-0.2, -0.15) is 0 Å². The van der Waals surface area contributed by atoms with Crippen molar-refractivity contribution in [2.75, 3.05) is 11.3 Å². The molecule has 2 N–H and O–H groups in total. The zero-order valence-electron chi connectivity index (χ0n) is 19.1. The van der Waals surface area contributed by atoms with Gasteiger partial charge in [-0.15, -0.1) is 0 Å². The quantitative estimate of drug-likeness (QED) is 0.271. The predicted molar refractivity (Wildman–Crippen MR) is 144 cm³/mol. The minimum absolute atomic E-state index is 0.0159. The second-order valence-electron chi connectivity index (χ2n) is 7.73. The van der Waals surface area contributed by atoms with E-state index in [1.165, 1.54) is 6.07 Å². The molecule has 186 valence electrons. The van der Waals surface area contributed by atoms with Gasteiger partial charge < -0.3 is 10.1 Å². The van der Waals surface area contributed by atoms with Gasteiger partial charge in [0.2, 0.25) is 0 Å². The summed E-state index contributed by atoms with van der Waals surface area (Å²) in [6.07, 6.45) is 1.27. The van der Waals surface area contributed by atoms with Crippen molar-refractivity contribution in [3.63, 3.8) is 0 Å². The number of nitrogens with one attached hydrogen (secondary N) is 2. The van der Waals surface area contributed by atoms with Gasteiger partial charge in [0.25, 0.3) is 15.9 Å². The lowest BCUT2D eigenvalue weighted by atomic mass is 10.0. The van der Waals surface area contributed by atoms with E-state index in [0.29, 0.717) is 45.2 Å². The molecular formula is C25H25BrCl2N2O4S. The summed E-state index contributed by atoms with van der Waals surface area (Å²) in [5.74, 6) is -0.00689. The van der Waals surface area contributed by atoms with E-state index in [-0.39, 0.29) is 22.6 Å². The lowest BCUT2D eigenvalue weighted by molar-refractivity contribution is 0.0936. The van der Waals surface area contributed by atoms with Crippen molar-refractivity contribution in [3.05, 3.63) is 86.3 Å². The van der Waals surface area contributed by atoms with E-state index in [1.54, 1.807) is 55.5 Å². The number of benzene rings is 3. The summed E-state index contributed by atoms with van der Waals surface area (Å²) in [5, 5.41) is 4.12. The fourth-order valence-corrected chi connectivity index (χ4v) is 5.61. The summed E-state index contributed by atoms with van der Waals surface area (Å²) in [5.41, 5.74) is 1.63. The first kappa shape index (κ1) is 27.3. The van der Waals surface area contributed by atoms with E-state index in [4.69, 9.17) is 27.9 Å². The van der Waals surface area contributed by atoms with Gasteiger partial charge in [0, 0.05) is 31.8 Å². The summed E-state index contributed by atoms with van der Waals surface area (Å²) in [6, 6.07) is 16.2. The molecule has 0 saturated carbocycles. The van der Waals surface area contributed by atoms with Gasteiger partial charge in [-0.1, -0.05) is 52.1 Å². The number of carbonyl (C=O) groups is 1. The largest absolute Gasteiger partial charge is 0.492 e. The van der Waals surface area contributed by atoms with E-state index in [1.807, 2.05) is 13.0 Å². The zero-order chi connectivity index (χ0) is 25.6. The molecule has 0 radical (unpaired) electrons. The zero-order valence-corrected chi connectivity index (χ0v) is 23.1. The van der Waals surface area contributed by atoms with Crippen LogP contribution in [0.3, 0.4) is 0 Å². The second kappa shape index (κ2) is 12.1. The highest BCUT2D eigenvalue weighted by Gasteiger charge is 2.21. The van der Waals surface area contributed by atoms with Crippen molar-refractivity contribution in [2.24, 2.45) is 0 Å². The predicted octanol–water partition coefficient (Wildman–Crippen LogP) is 6.71. The Morgan fingerprint density at radius 2 is 1.74 bits per heavy atom. The summed E-state index contributed by atoms with van der Waals surface area (Å²) in [7, 11) is -3.91. The van der Waals surface area contributed by atoms with Gasteiger partial charge in [-0.3, -0.25) is 9.52 Å². The molecule has 3 aromatic carbocycles. The third kappa shape index (κ3) is 7.36. The smallest absolute Gasteiger partial charge is 0.265 e. The van der Waals surface area contributed by atoms with Gasteiger partial charge in [0.1, 0.15) is 10.6 Å². The highest BCUT2D eigenvalue weighted by molar-refractivity contribution is 9.10. The molecule has 1 unspecified atom stereocenters. The Bertz CT molecular complexity index is 1300. The maximum Gasteiger partial charge on any atom is 0.265 e. The molecule has 3 rings (SSSR count). The third-order valence-electron chi connectivity index (χ3n) is 5.20. The molecule has 1 atom stereocenters. The van der Waals surface area contributed by atoms with Crippen LogP contribution in [0.15, 0.2) is 70.0 Å². The summed E-state index contributed by atoms with van der Waals surface area (Å²) < 4.78 is 34.5. The van der Waals surface area contributed by atoms with Crippen LogP contribution in [0.5, 0.6) is 5.75 Å². The van der Waals surface area contributed by atoms with Crippen LogP contribution >= 0.6 is 39.1 Å². The van der Waals surface area contributed by atoms with Crippen molar-refractivity contribution in [1.29, 1.82) is 0 Å². The number of halogens is 3. The minimum atomic E-state index is -3.91. The van der Waals surface area contributed by atoms with E-state index in [9.17, 15) is 13.2 Å². The first-order valence-electron chi connectivity index (χ1n) is 10.9. The molecule has 0 spiro atoms. The number of amides is 1. The molecule has 10 heteroatoms. The van der Waals surface area contributed by atoms with Gasteiger partial charge >= 0.3 is 0 Å². The van der Waals surface area contributed by atoms with Crippen molar-refractivity contribution in [2.45, 2.75) is 37.6 Å². The normalized spacial score (nSPS) is 12.1. The van der Waals surface area contributed by atoms with Crippen LogP contribution in [-0.2, 0) is 16.4 Å². The lowest BCUT2D eigenvalue weighted by Gasteiger charge is -2.18. The topological polar surface area (TPSA) is 84.5 Å². The molecular weight excluding hydrogens is 575 g/mol. The second-order valence-corrected chi connectivity index (χ2v) is 11.1. The Labute approximate surface area is 224 Å². The maximum atomic E-state index is 13.0. The molecule has 0 aliphatic carbocycles.